The van der Waals surface area contributed by atoms with E-state index >= 15 is 0 Å². The molecule has 0 amide bonds. The fourth-order valence-corrected chi connectivity index (χ4v) is 3.48. The van der Waals surface area contributed by atoms with Crippen LogP contribution >= 0.6 is 0 Å². The van der Waals surface area contributed by atoms with E-state index in [0.29, 0.717) is 6.10 Å². The van der Waals surface area contributed by atoms with Crippen molar-refractivity contribution in [2.45, 2.75) is 39.7 Å². The van der Waals surface area contributed by atoms with Crippen molar-refractivity contribution in [2.75, 3.05) is 39.3 Å². The lowest BCUT2D eigenvalue weighted by Gasteiger charge is -2.33. The first-order valence-corrected chi connectivity index (χ1v) is 7.89. The van der Waals surface area contributed by atoms with E-state index in [2.05, 4.69) is 37.1 Å². The van der Waals surface area contributed by atoms with Crippen LogP contribution in [0.15, 0.2) is 11.6 Å². The maximum absolute atomic E-state index is 5.83. The fourth-order valence-electron chi connectivity index (χ4n) is 3.48. The largest absolute Gasteiger partial charge is 0.374 e. The summed E-state index contributed by atoms with van der Waals surface area (Å²) in [6.07, 6.45) is 5.41. The van der Waals surface area contributed by atoms with Crippen LogP contribution in [0.1, 0.15) is 33.6 Å². The quantitative estimate of drug-likeness (QED) is 0.773. The SMILES string of the molecule is CCN1CCOC(CNCC2CC(C)=CC(C)C2)C1. The average Bonchev–Trinajstić information content (AvgIpc) is 2.38. The standard InChI is InChI=1S/C16H30N2O/c1-4-18-5-6-19-16(12-18)11-17-10-15-8-13(2)7-14(3)9-15/h7,13,15-17H,4-6,8-12H2,1-3H3. The smallest absolute Gasteiger partial charge is 0.0826 e. The van der Waals surface area contributed by atoms with E-state index in [4.69, 9.17) is 4.74 Å². The summed E-state index contributed by atoms with van der Waals surface area (Å²) in [4.78, 5) is 2.48. The Morgan fingerprint density at radius 1 is 1.42 bits per heavy atom. The Balaban J connectivity index is 1.65. The fraction of sp³-hybridized carbons (Fsp3) is 0.875. The zero-order chi connectivity index (χ0) is 13.7. The Kier molecular flexibility index (Phi) is 5.86. The normalized spacial score (nSPS) is 33.2. The number of hydrogen-bond acceptors (Lipinski definition) is 3. The van der Waals surface area contributed by atoms with Gasteiger partial charge in [0.25, 0.3) is 0 Å². The summed E-state index contributed by atoms with van der Waals surface area (Å²) in [7, 11) is 0. The molecule has 1 heterocycles. The second-order valence-corrected chi connectivity index (χ2v) is 6.34. The minimum atomic E-state index is 0.381. The molecule has 1 aliphatic carbocycles. The molecule has 0 bridgehead atoms. The molecule has 0 aromatic rings. The number of ether oxygens (including phenoxy) is 1. The first kappa shape index (κ1) is 15.0. The van der Waals surface area contributed by atoms with Gasteiger partial charge in [-0.15, -0.1) is 0 Å². The van der Waals surface area contributed by atoms with Crippen LogP contribution in [-0.4, -0.2) is 50.3 Å². The highest BCUT2D eigenvalue weighted by molar-refractivity contribution is 5.06. The van der Waals surface area contributed by atoms with Crippen molar-refractivity contribution in [1.82, 2.24) is 10.2 Å². The molecule has 1 aliphatic heterocycles. The van der Waals surface area contributed by atoms with Gasteiger partial charge in [-0.25, -0.2) is 0 Å². The third-order valence-corrected chi connectivity index (χ3v) is 4.36. The second-order valence-electron chi connectivity index (χ2n) is 6.34. The van der Waals surface area contributed by atoms with Gasteiger partial charge >= 0.3 is 0 Å². The lowest BCUT2D eigenvalue weighted by molar-refractivity contribution is -0.0255. The van der Waals surface area contributed by atoms with Crippen LogP contribution in [0.3, 0.4) is 0 Å². The van der Waals surface area contributed by atoms with Gasteiger partial charge in [0.1, 0.15) is 0 Å². The van der Waals surface area contributed by atoms with Gasteiger partial charge < -0.3 is 10.1 Å². The number of morpholine rings is 1. The number of allylic oxidation sites excluding steroid dienone is 2. The minimum Gasteiger partial charge on any atom is -0.374 e. The van der Waals surface area contributed by atoms with E-state index < -0.39 is 0 Å². The molecule has 110 valence electrons. The van der Waals surface area contributed by atoms with E-state index in [-0.39, 0.29) is 0 Å². The Morgan fingerprint density at radius 2 is 2.26 bits per heavy atom. The van der Waals surface area contributed by atoms with Crippen molar-refractivity contribution in [2.24, 2.45) is 11.8 Å². The second kappa shape index (κ2) is 7.41. The molecule has 0 aromatic carbocycles. The molecule has 1 N–H and O–H groups in total. The maximum Gasteiger partial charge on any atom is 0.0826 e. The highest BCUT2D eigenvalue weighted by atomic mass is 16.5. The summed E-state index contributed by atoms with van der Waals surface area (Å²) in [5, 5.41) is 3.63. The molecule has 2 rings (SSSR count). The van der Waals surface area contributed by atoms with Crippen molar-refractivity contribution in [3.05, 3.63) is 11.6 Å². The molecule has 0 radical (unpaired) electrons. The van der Waals surface area contributed by atoms with Gasteiger partial charge in [0.2, 0.25) is 0 Å². The molecule has 3 heteroatoms. The number of nitrogens with zero attached hydrogens (tertiary/aromatic N) is 1. The van der Waals surface area contributed by atoms with Crippen molar-refractivity contribution in [1.29, 1.82) is 0 Å². The predicted octanol–water partition coefficient (Wildman–Crippen LogP) is 2.29. The molecular formula is C16H30N2O. The van der Waals surface area contributed by atoms with Crippen LogP contribution < -0.4 is 5.32 Å². The van der Waals surface area contributed by atoms with Gasteiger partial charge in [0.15, 0.2) is 0 Å². The van der Waals surface area contributed by atoms with Gasteiger partial charge in [0.05, 0.1) is 12.7 Å². The topological polar surface area (TPSA) is 24.5 Å². The first-order valence-electron chi connectivity index (χ1n) is 7.89. The molecule has 3 atom stereocenters. The number of nitrogens with one attached hydrogen (secondary N) is 1. The Morgan fingerprint density at radius 3 is 3.00 bits per heavy atom. The van der Waals surface area contributed by atoms with E-state index in [9.17, 15) is 0 Å². The van der Waals surface area contributed by atoms with Crippen molar-refractivity contribution in [3.63, 3.8) is 0 Å². The summed E-state index contributed by atoms with van der Waals surface area (Å²) < 4.78 is 5.83. The monoisotopic (exact) mass is 266 g/mol. The molecule has 1 saturated heterocycles. The Bertz CT molecular complexity index is 303. The summed E-state index contributed by atoms with van der Waals surface area (Å²) in [5.41, 5.74) is 1.57. The van der Waals surface area contributed by atoms with E-state index in [1.165, 1.54) is 12.8 Å². The minimum absolute atomic E-state index is 0.381. The van der Waals surface area contributed by atoms with E-state index in [1.807, 2.05) is 0 Å². The zero-order valence-corrected chi connectivity index (χ0v) is 12.8. The Labute approximate surface area is 118 Å². The third-order valence-electron chi connectivity index (χ3n) is 4.36. The van der Waals surface area contributed by atoms with E-state index in [0.717, 1.165) is 51.2 Å². The van der Waals surface area contributed by atoms with Crippen LogP contribution in [0.4, 0.5) is 0 Å². The summed E-state index contributed by atoms with van der Waals surface area (Å²) in [6, 6.07) is 0. The van der Waals surface area contributed by atoms with Crippen LogP contribution in [0, 0.1) is 11.8 Å². The van der Waals surface area contributed by atoms with E-state index in [1.54, 1.807) is 5.57 Å². The highest BCUT2D eigenvalue weighted by Crippen LogP contribution is 2.27. The molecule has 0 spiro atoms. The molecule has 3 unspecified atom stereocenters. The number of likely N-dealkylation sites (N-methyl/N-ethyl adjacent to an activating group) is 1. The van der Waals surface area contributed by atoms with Gasteiger partial charge in [-0.1, -0.05) is 25.5 Å². The summed E-state index contributed by atoms with van der Waals surface area (Å²) >= 11 is 0. The highest BCUT2D eigenvalue weighted by Gasteiger charge is 2.21. The lowest BCUT2D eigenvalue weighted by atomic mass is 9.84. The first-order chi connectivity index (χ1) is 9.17. The lowest BCUT2D eigenvalue weighted by Crippen LogP contribution is -2.47. The van der Waals surface area contributed by atoms with Crippen LogP contribution in [0.2, 0.25) is 0 Å². The predicted molar refractivity (Wildman–Crippen MR) is 80.4 cm³/mol. The molecule has 3 nitrogen and oxygen atoms in total. The summed E-state index contributed by atoms with van der Waals surface area (Å²) in [6.45, 7) is 13.2. The molecule has 19 heavy (non-hydrogen) atoms. The van der Waals surface area contributed by atoms with Crippen molar-refractivity contribution in [3.8, 4) is 0 Å². The van der Waals surface area contributed by atoms with Crippen LogP contribution in [-0.2, 0) is 4.74 Å². The Hall–Kier alpha value is -0.380. The summed E-state index contributed by atoms with van der Waals surface area (Å²) in [5.74, 6) is 1.56. The zero-order valence-electron chi connectivity index (χ0n) is 12.8. The van der Waals surface area contributed by atoms with Gasteiger partial charge in [-0.3, -0.25) is 4.90 Å². The third kappa shape index (κ3) is 4.90. The van der Waals surface area contributed by atoms with Crippen LogP contribution in [0.5, 0.6) is 0 Å². The van der Waals surface area contributed by atoms with Gasteiger partial charge in [-0.05, 0) is 44.7 Å². The van der Waals surface area contributed by atoms with Gasteiger partial charge in [0, 0.05) is 19.6 Å². The molecular weight excluding hydrogens is 236 g/mol. The van der Waals surface area contributed by atoms with Gasteiger partial charge in [-0.2, -0.15) is 0 Å². The van der Waals surface area contributed by atoms with Crippen molar-refractivity contribution >= 4 is 0 Å². The number of rotatable bonds is 5. The van der Waals surface area contributed by atoms with Crippen LogP contribution in [0.25, 0.3) is 0 Å². The van der Waals surface area contributed by atoms with Crippen molar-refractivity contribution < 1.29 is 4.74 Å². The molecule has 0 saturated carbocycles. The maximum atomic E-state index is 5.83. The average molecular weight is 266 g/mol. The molecule has 1 fully saturated rings. The number of hydrogen-bond donors (Lipinski definition) is 1. The molecule has 0 aromatic heterocycles. The molecule has 2 aliphatic rings.